The van der Waals surface area contributed by atoms with Gasteiger partial charge in [0.1, 0.15) is 5.58 Å². The lowest BCUT2D eigenvalue weighted by Gasteiger charge is -2.24. The van der Waals surface area contributed by atoms with Gasteiger partial charge in [0.25, 0.3) is 0 Å². The van der Waals surface area contributed by atoms with E-state index in [0.29, 0.717) is 6.04 Å². The third-order valence-electron chi connectivity index (χ3n) is 3.91. The van der Waals surface area contributed by atoms with Crippen LogP contribution in [0.1, 0.15) is 26.2 Å². The molecule has 0 fully saturated rings. The van der Waals surface area contributed by atoms with Crippen molar-refractivity contribution in [3.8, 4) is 0 Å². The fraction of sp³-hybridized carbons (Fsp3) is 0.250. The third kappa shape index (κ3) is 4.09. The van der Waals surface area contributed by atoms with Crippen molar-refractivity contribution in [2.24, 2.45) is 4.99 Å². The summed E-state index contributed by atoms with van der Waals surface area (Å²) in [6.07, 6.45) is 7.83. The van der Waals surface area contributed by atoms with Crippen LogP contribution in [0, 0.1) is 0 Å². The summed E-state index contributed by atoms with van der Waals surface area (Å²) in [6.45, 7) is 2.23. The Morgan fingerprint density at radius 3 is 2.13 bits per heavy atom. The van der Waals surface area contributed by atoms with E-state index < -0.39 is 7.92 Å². The second-order valence-corrected chi connectivity index (χ2v) is 7.80. The van der Waals surface area contributed by atoms with Crippen LogP contribution in [0.5, 0.6) is 0 Å². The molecule has 2 aromatic rings. The lowest BCUT2D eigenvalue weighted by atomic mass is 10.1. The van der Waals surface area contributed by atoms with Gasteiger partial charge in [0.2, 0.25) is 0 Å². The first kappa shape index (κ1) is 16.0. The Balaban J connectivity index is 1.94. The van der Waals surface area contributed by atoms with Crippen molar-refractivity contribution in [3.63, 3.8) is 0 Å². The number of hydrogen-bond donors (Lipinski definition) is 1. The molecule has 0 spiro atoms. The molecule has 0 aromatic heterocycles. The first-order chi connectivity index (χ1) is 11.4. The van der Waals surface area contributed by atoms with E-state index >= 15 is 0 Å². The van der Waals surface area contributed by atoms with E-state index in [2.05, 4.69) is 85.2 Å². The summed E-state index contributed by atoms with van der Waals surface area (Å²) in [5.41, 5.74) is 1.11. The average Bonchev–Trinajstić information content (AvgIpc) is 2.62. The minimum absolute atomic E-state index is 0.309. The molecule has 1 unspecified atom stereocenters. The molecule has 0 aliphatic carbocycles. The Kier molecular flexibility index (Phi) is 5.60. The quantitative estimate of drug-likeness (QED) is 0.794. The van der Waals surface area contributed by atoms with Gasteiger partial charge in [-0.1, -0.05) is 80.4 Å². The van der Waals surface area contributed by atoms with Gasteiger partial charge in [-0.05, 0) is 23.1 Å². The maximum atomic E-state index is 5.02. The number of nitrogens with zero attached hydrogens (tertiary/aromatic N) is 1. The zero-order valence-electron chi connectivity index (χ0n) is 13.5. The molecule has 1 aliphatic heterocycles. The van der Waals surface area contributed by atoms with Gasteiger partial charge in [-0.15, -0.1) is 0 Å². The molecular weight excluding hydrogens is 299 g/mol. The summed E-state index contributed by atoms with van der Waals surface area (Å²) in [4.78, 5) is 5.02. The first-order valence-electron chi connectivity index (χ1n) is 8.29. The molecule has 0 radical (unpaired) electrons. The van der Waals surface area contributed by atoms with Crippen molar-refractivity contribution in [1.29, 1.82) is 0 Å². The van der Waals surface area contributed by atoms with Crippen LogP contribution >= 0.6 is 7.92 Å². The number of benzene rings is 2. The summed E-state index contributed by atoms with van der Waals surface area (Å²) in [7, 11) is -0.623. The van der Waals surface area contributed by atoms with E-state index in [-0.39, 0.29) is 0 Å². The lowest BCUT2D eigenvalue weighted by Crippen LogP contribution is -2.30. The second-order valence-electron chi connectivity index (χ2n) is 5.67. The van der Waals surface area contributed by atoms with Crippen LogP contribution in [0.2, 0.25) is 0 Å². The van der Waals surface area contributed by atoms with Gasteiger partial charge < -0.3 is 5.32 Å². The van der Waals surface area contributed by atoms with Crippen molar-refractivity contribution in [1.82, 2.24) is 5.32 Å². The molecule has 2 aromatic carbocycles. The van der Waals surface area contributed by atoms with E-state index in [9.17, 15) is 0 Å². The summed E-state index contributed by atoms with van der Waals surface area (Å²) in [5.74, 6) is 0. The first-order valence-corrected chi connectivity index (χ1v) is 9.64. The number of nitrogens with one attached hydrogen (secondary N) is 1. The molecule has 3 heteroatoms. The molecule has 0 saturated heterocycles. The van der Waals surface area contributed by atoms with Gasteiger partial charge >= 0.3 is 0 Å². The number of unbranched alkanes of at least 4 members (excludes halogenated alkanes) is 1. The fourth-order valence-electron chi connectivity index (χ4n) is 2.72. The van der Waals surface area contributed by atoms with Crippen LogP contribution in [-0.4, -0.2) is 11.6 Å². The topological polar surface area (TPSA) is 24.4 Å². The fourth-order valence-corrected chi connectivity index (χ4v) is 4.91. The van der Waals surface area contributed by atoms with Crippen LogP contribution in [0.25, 0.3) is 0 Å². The van der Waals surface area contributed by atoms with E-state index in [0.717, 1.165) is 12.0 Å². The molecular formula is C20H23N2P. The van der Waals surface area contributed by atoms with Gasteiger partial charge in [0, 0.05) is 14.1 Å². The molecule has 1 N–H and O–H groups in total. The SMILES string of the molecule is CCCCC1C=CNC(P(c2ccccc2)c2ccccc2)=N1. The Hall–Kier alpha value is -1.92. The van der Waals surface area contributed by atoms with Gasteiger partial charge in [-0.25, -0.2) is 0 Å². The van der Waals surface area contributed by atoms with Crippen LogP contribution in [0.4, 0.5) is 0 Å². The highest BCUT2D eigenvalue weighted by Crippen LogP contribution is 2.35. The zero-order chi connectivity index (χ0) is 15.9. The summed E-state index contributed by atoms with van der Waals surface area (Å²) >= 11 is 0. The molecule has 0 bridgehead atoms. The lowest BCUT2D eigenvalue weighted by molar-refractivity contribution is 0.650. The zero-order valence-corrected chi connectivity index (χ0v) is 14.4. The molecule has 0 amide bonds. The monoisotopic (exact) mass is 322 g/mol. The average molecular weight is 322 g/mol. The Bertz CT molecular complexity index is 625. The van der Waals surface area contributed by atoms with Gasteiger partial charge in [-0.2, -0.15) is 0 Å². The molecule has 1 aliphatic rings. The smallest absolute Gasteiger partial charge is 0.133 e. The molecule has 2 nitrogen and oxygen atoms in total. The number of hydrogen-bond acceptors (Lipinski definition) is 2. The largest absolute Gasteiger partial charge is 0.346 e. The summed E-state index contributed by atoms with van der Waals surface area (Å²) < 4.78 is 0. The van der Waals surface area contributed by atoms with Crippen molar-refractivity contribution >= 4 is 24.1 Å². The van der Waals surface area contributed by atoms with E-state index in [1.54, 1.807) is 0 Å². The molecule has 0 saturated carbocycles. The summed E-state index contributed by atoms with van der Waals surface area (Å²) in [6, 6.07) is 21.7. The van der Waals surface area contributed by atoms with Gasteiger partial charge in [0.05, 0.1) is 6.04 Å². The molecule has 1 heterocycles. The van der Waals surface area contributed by atoms with Crippen LogP contribution in [-0.2, 0) is 0 Å². The van der Waals surface area contributed by atoms with Crippen LogP contribution < -0.4 is 15.9 Å². The van der Waals surface area contributed by atoms with Crippen molar-refractivity contribution in [2.45, 2.75) is 32.2 Å². The standard InChI is InChI=1S/C20H23N2P/c1-2-3-10-17-15-16-21-20(22-17)23(18-11-6-4-7-12-18)19-13-8-5-9-14-19/h4-9,11-17H,2-3,10H2,1H3,(H,21,22). The van der Waals surface area contributed by atoms with Crippen molar-refractivity contribution in [3.05, 3.63) is 72.9 Å². The number of aliphatic imine (C=N–C) groups is 1. The minimum Gasteiger partial charge on any atom is -0.346 e. The molecule has 118 valence electrons. The Morgan fingerprint density at radius 2 is 1.57 bits per heavy atom. The highest BCUT2D eigenvalue weighted by molar-refractivity contribution is 7.88. The van der Waals surface area contributed by atoms with Gasteiger partial charge in [0.15, 0.2) is 0 Å². The number of amidine groups is 1. The van der Waals surface area contributed by atoms with Crippen molar-refractivity contribution < 1.29 is 0 Å². The maximum absolute atomic E-state index is 5.02. The molecule has 23 heavy (non-hydrogen) atoms. The van der Waals surface area contributed by atoms with E-state index in [4.69, 9.17) is 4.99 Å². The van der Waals surface area contributed by atoms with E-state index in [1.807, 2.05) is 0 Å². The highest BCUT2D eigenvalue weighted by Gasteiger charge is 2.22. The predicted molar refractivity (Wildman–Crippen MR) is 102 cm³/mol. The maximum Gasteiger partial charge on any atom is 0.133 e. The van der Waals surface area contributed by atoms with Crippen LogP contribution in [0.3, 0.4) is 0 Å². The summed E-state index contributed by atoms with van der Waals surface area (Å²) in [5, 5.41) is 6.10. The van der Waals surface area contributed by atoms with Crippen molar-refractivity contribution in [2.75, 3.05) is 0 Å². The van der Waals surface area contributed by atoms with E-state index in [1.165, 1.54) is 23.5 Å². The normalized spacial score (nSPS) is 17.0. The van der Waals surface area contributed by atoms with Crippen LogP contribution in [0.15, 0.2) is 77.9 Å². The predicted octanol–water partition coefficient (Wildman–Crippen LogP) is 4.15. The van der Waals surface area contributed by atoms with Gasteiger partial charge in [-0.3, -0.25) is 4.99 Å². The highest BCUT2D eigenvalue weighted by atomic mass is 31.1. The Labute approximate surface area is 140 Å². The third-order valence-corrected chi connectivity index (χ3v) is 6.21. The Morgan fingerprint density at radius 1 is 0.957 bits per heavy atom. The second kappa shape index (κ2) is 8.08. The number of rotatable bonds is 6. The minimum atomic E-state index is -0.623. The molecule has 3 rings (SSSR count). The molecule has 1 atom stereocenters.